The molecule has 22 heavy (non-hydrogen) atoms. The first-order valence-corrected chi connectivity index (χ1v) is 8.22. The largest absolute Gasteiger partial charge is 1.00 e. The number of aromatic hydroxyl groups is 1. The molecule has 112 valence electrons. The Morgan fingerprint density at radius 3 is 2.27 bits per heavy atom. The SMILES string of the molecule is CCCCc1ccc(O)c(S(=O)(=O)[O-])c1-c1ccccc1.[Na+]. The standard InChI is InChI=1S/C16H18O4S.Na/c1-2-3-7-13-10-11-14(17)16(21(18,19)20)15(13)12-8-5-4-6-9-12;/h4-6,8-11,17H,2-3,7H2,1H3,(H,18,19,20);/q;+1/p-1. The molecule has 0 aliphatic heterocycles. The van der Waals surface area contributed by atoms with E-state index in [9.17, 15) is 18.1 Å². The topological polar surface area (TPSA) is 77.4 Å². The Labute approximate surface area is 153 Å². The van der Waals surface area contributed by atoms with Gasteiger partial charge in [0.25, 0.3) is 0 Å². The summed E-state index contributed by atoms with van der Waals surface area (Å²) in [5.41, 5.74) is 1.70. The number of hydrogen-bond donors (Lipinski definition) is 1. The summed E-state index contributed by atoms with van der Waals surface area (Å²) in [6.07, 6.45) is 2.49. The van der Waals surface area contributed by atoms with Gasteiger partial charge in [-0.2, -0.15) is 0 Å². The predicted molar refractivity (Wildman–Crippen MR) is 80.1 cm³/mol. The quantitative estimate of drug-likeness (QED) is 0.633. The first kappa shape index (κ1) is 19.2. The minimum Gasteiger partial charge on any atom is -0.744 e. The Balaban J connectivity index is 0.00000242. The molecule has 2 aromatic carbocycles. The van der Waals surface area contributed by atoms with Gasteiger partial charge in [-0.15, -0.1) is 0 Å². The van der Waals surface area contributed by atoms with Crippen LogP contribution >= 0.6 is 0 Å². The summed E-state index contributed by atoms with van der Waals surface area (Å²) in [6.45, 7) is 2.04. The molecule has 0 fully saturated rings. The van der Waals surface area contributed by atoms with Gasteiger partial charge in [0.15, 0.2) is 0 Å². The van der Waals surface area contributed by atoms with Crippen molar-refractivity contribution >= 4 is 10.1 Å². The van der Waals surface area contributed by atoms with E-state index in [0.717, 1.165) is 18.4 Å². The minimum absolute atomic E-state index is 0. The van der Waals surface area contributed by atoms with E-state index < -0.39 is 20.8 Å². The van der Waals surface area contributed by atoms with Gasteiger partial charge in [-0.1, -0.05) is 49.7 Å². The molecule has 2 rings (SSSR count). The van der Waals surface area contributed by atoms with E-state index in [1.54, 1.807) is 30.3 Å². The average molecular weight is 328 g/mol. The zero-order chi connectivity index (χ0) is 15.5. The molecule has 0 radical (unpaired) electrons. The van der Waals surface area contributed by atoms with E-state index >= 15 is 0 Å². The molecule has 0 saturated heterocycles. The fourth-order valence-electron chi connectivity index (χ4n) is 2.36. The van der Waals surface area contributed by atoms with Crippen molar-refractivity contribution < 1.29 is 47.6 Å². The van der Waals surface area contributed by atoms with Crippen molar-refractivity contribution in [3.05, 3.63) is 48.0 Å². The number of benzene rings is 2. The number of phenols is 1. The summed E-state index contributed by atoms with van der Waals surface area (Å²) in [5.74, 6) is -0.496. The van der Waals surface area contributed by atoms with Crippen LogP contribution in [0.5, 0.6) is 5.75 Å². The van der Waals surface area contributed by atoms with E-state index in [1.165, 1.54) is 6.07 Å². The van der Waals surface area contributed by atoms with Gasteiger partial charge in [-0.25, -0.2) is 8.42 Å². The van der Waals surface area contributed by atoms with E-state index in [-0.39, 0.29) is 29.6 Å². The molecule has 0 bridgehead atoms. The molecule has 6 heteroatoms. The van der Waals surface area contributed by atoms with E-state index in [2.05, 4.69) is 0 Å². The zero-order valence-corrected chi connectivity index (χ0v) is 15.6. The van der Waals surface area contributed by atoms with Crippen LogP contribution in [0.15, 0.2) is 47.4 Å². The monoisotopic (exact) mass is 328 g/mol. The second-order valence-corrected chi connectivity index (χ2v) is 6.19. The van der Waals surface area contributed by atoms with Crippen LogP contribution in [0.2, 0.25) is 0 Å². The average Bonchev–Trinajstić information content (AvgIpc) is 2.45. The summed E-state index contributed by atoms with van der Waals surface area (Å²) in [4.78, 5) is -0.526. The van der Waals surface area contributed by atoms with Crippen LogP contribution in [0.4, 0.5) is 0 Å². The van der Waals surface area contributed by atoms with Crippen LogP contribution in [-0.4, -0.2) is 18.1 Å². The first-order valence-electron chi connectivity index (χ1n) is 6.81. The van der Waals surface area contributed by atoms with Crippen molar-refractivity contribution in [2.75, 3.05) is 0 Å². The van der Waals surface area contributed by atoms with Crippen molar-refractivity contribution in [1.82, 2.24) is 0 Å². The summed E-state index contributed by atoms with van der Waals surface area (Å²) in [6, 6.07) is 11.8. The fourth-order valence-corrected chi connectivity index (χ4v) is 3.19. The van der Waals surface area contributed by atoms with Crippen molar-refractivity contribution in [3.63, 3.8) is 0 Å². The maximum absolute atomic E-state index is 11.6. The van der Waals surface area contributed by atoms with Gasteiger partial charge in [0.1, 0.15) is 20.8 Å². The van der Waals surface area contributed by atoms with Gasteiger partial charge in [-0.05, 0) is 30.0 Å². The van der Waals surface area contributed by atoms with Gasteiger partial charge in [-0.3, -0.25) is 0 Å². The fraction of sp³-hybridized carbons (Fsp3) is 0.250. The summed E-state index contributed by atoms with van der Waals surface area (Å²) >= 11 is 0. The Bertz CT molecular complexity index is 727. The third-order valence-electron chi connectivity index (χ3n) is 3.34. The Hall–Kier alpha value is -0.850. The third-order valence-corrected chi connectivity index (χ3v) is 4.25. The molecule has 0 aliphatic carbocycles. The number of rotatable bonds is 5. The molecular weight excluding hydrogens is 311 g/mol. The second kappa shape index (κ2) is 8.13. The second-order valence-electron chi connectivity index (χ2n) is 4.87. The van der Waals surface area contributed by atoms with Crippen LogP contribution < -0.4 is 29.6 Å². The van der Waals surface area contributed by atoms with Crippen LogP contribution in [0, 0.1) is 0 Å². The number of phenolic OH excluding ortho intramolecular Hbond substituents is 1. The summed E-state index contributed by atoms with van der Waals surface area (Å²) in [5, 5.41) is 9.86. The van der Waals surface area contributed by atoms with Crippen LogP contribution in [0.25, 0.3) is 11.1 Å². The molecule has 1 N–H and O–H groups in total. The zero-order valence-electron chi connectivity index (χ0n) is 12.7. The molecule has 0 atom stereocenters. The normalized spacial score (nSPS) is 11.0. The molecule has 0 saturated carbocycles. The molecule has 0 heterocycles. The van der Waals surface area contributed by atoms with Crippen molar-refractivity contribution in [2.24, 2.45) is 0 Å². The molecule has 0 aliphatic rings. The first-order chi connectivity index (χ1) is 9.95. The Morgan fingerprint density at radius 1 is 1.09 bits per heavy atom. The minimum atomic E-state index is -4.76. The molecule has 0 unspecified atom stereocenters. The molecule has 4 nitrogen and oxygen atoms in total. The van der Waals surface area contributed by atoms with Gasteiger partial charge in [0.2, 0.25) is 0 Å². The third kappa shape index (κ3) is 4.33. The molecule has 2 aromatic rings. The molecule has 0 aromatic heterocycles. The Kier molecular flexibility index (Phi) is 7.09. The maximum Gasteiger partial charge on any atom is 1.00 e. The van der Waals surface area contributed by atoms with Gasteiger partial charge < -0.3 is 9.66 Å². The van der Waals surface area contributed by atoms with E-state index in [4.69, 9.17) is 0 Å². The van der Waals surface area contributed by atoms with E-state index in [1.807, 2.05) is 13.0 Å². The van der Waals surface area contributed by atoms with Gasteiger partial charge >= 0.3 is 29.6 Å². The van der Waals surface area contributed by atoms with Crippen LogP contribution in [0.1, 0.15) is 25.3 Å². The molecule has 0 spiro atoms. The van der Waals surface area contributed by atoms with Gasteiger partial charge in [0.05, 0.1) is 0 Å². The predicted octanol–water partition coefficient (Wildman–Crippen LogP) is 0.310. The van der Waals surface area contributed by atoms with Crippen LogP contribution in [-0.2, 0) is 16.5 Å². The van der Waals surface area contributed by atoms with E-state index in [0.29, 0.717) is 17.5 Å². The number of aryl methyl sites for hydroxylation is 1. The molecular formula is C16H17NaO4S. The number of hydrogen-bond acceptors (Lipinski definition) is 4. The summed E-state index contributed by atoms with van der Waals surface area (Å²) < 4.78 is 34.7. The molecule has 0 amide bonds. The van der Waals surface area contributed by atoms with Crippen molar-refractivity contribution in [1.29, 1.82) is 0 Å². The maximum atomic E-state index is 11.6. The van der Waals surface area contributed by atoms with Crippen molar-refractivity contribution in [3.8, 4) is 16.9 Å². The number of unbranched alkanes of at least 4 members (excludes halogenated alkanes) is 1. The van der Waals surface area contributed by atoms with Crippen LogP contribution in [0.3, 0.4) is 0 Å². The summed E-state index contributed by atoms with van der Waals surface area (Å²) in [7, 11) is -4.76. The Morgan fingerprint density at radius 2 is 1.73 bits per heavy atom. The van der Waals surface area contributed by atoms with Gasteiger partial charge in [0, 0.05) is 5.56 Å². The smallest absolute Gasteiger partial charge is 0.744 e. The van der Waals surface area contributed by atoms with Crippen molar-refractivity contribution in [2.45, 2.75) is 31.1 Å².